The number of ether oxygens (including phenoxy) is 1. The van der Waals surface area contributed by atoms with E-state index in [0.29, 0.717) is 18.8 Å². The normalized spacial score (nSPS) is 10.3. The predicted octanol–water partition coefficient (Wildman–Crippen LogP) is 2.22. The molecule has 0 atom stereocenters. The minimum atomic E-state index is -0.150. The smallest absolute Gasteiger partial charge is 0.271 e. The number of nitrogens with one attached hydrogen (secondary N) is 1. The van der Waals surface area contributed by atoms with Crippen LogP contribution in [0.2, 0.25) is 0 Å². The first kappa shape index (κ1) is 12.7. The second-order valence-corrected chi connectivity index (χ2v) is 4.48. The van der Waals surface area contributed by atoms with E-state index in [1.807, 2.05) is 24.3 Å². The van der Waals surface area contributed by atoms with Crippen LogP contribution in [0, 0.1) is 0 Å². The van der Waals surface area contributed by atoms with Crippen molar-refractivity contribution in [3.63, 3.8) is 0 Å². The molecule has 0 radical (unpaired) electrons. The third-order valence-corrected chi connectivity index (χ3v) is 3.11. The third-order valence-electron chi connectivity index (χ3n) is 2.52. The monoisotopic (exact) mass is 262 g/mol. The highest BCUT2D eigenvalue weighted by atomic mass is 32.1. The number of carbonyl (C=O) groups is 1. The third kappa shape index (κ3) is 3.15. The van der Waals surface area contributed by atoms with Crippen LogP contribution in [0.15, 0.2) is 35.2 Å². The van der Waals surface area contributed by atoms with Gasteiger partial charge in [0.2, 0.25) is 0 Å². The van der Waals surface area contributed by atoms with E-state index in [9.17, 15) is 4.79 Å². The molecule has 1 amide bonds. The Morgan fingerprint density at radius 2 is 2.17 bits per heavy atom. The largest absolute Gasteiger partial charge is 0.380 e. The Morgan fingerprint density at radius 1 is 1.39 bits per heavy atom. The molecule has 0 fully saturated rings. The average molecular weight is 262 g/mol. The molecule has 18 heavy (non-hydrogen) atoms. The molecule has 2 aromatic rings. The SMILES string of the molecule is COCc1ccccc1CNC(=O)c1cscn1. The highest BCUT2D eigenvalue weighted by Crippen LogP contribution is 2.10. The van der Waals surface area contributed by atoms with Gasteiger partial charge in [-0.3, -0.25) is 4.79 Å². The maximum Gasteiger partial charge on any atom is 0.271 e. The summed E-state index contributed by atoms with van der Waals surface area (Å²) in [5, 5.41) is 4.58. The van der Waals surface area contributed by atoms with Crippen LogP contribution in [0.1, 0.15) is 21.6 Å². The fourth-order valence-electron chi connectivity index (χ4n) is 1.62. The summed E-state index contributed by atoms with van der Waals surface area (Å²) in [6.07, 6.45) is 0. The van der Waals surface area contributed by atoms with E-state index < -0.39 is 0 Å². The number of amides is 1. The van der Waals surface area contributed by atoms with E-state index >= 15 is 0 Å². The lowest BCUT2D eigenvalue weighted by Crippen LogP contribution is -2.23. The van der Waals surface area contributed by atoms with Crippen molar-refractivity contribution < 1.29 is 9.53 Å². The topological polar surface area (TPSA) is 51.2 Å². The first-order valence-corrected chi connectivity index (χ1v) is 6.47. The fraction of sp³-hybridized carbons (Fsp3) is 0.231. The van der Waals surface area contributed by atoms with Gasteiger partial charge in [0.05, 0.1) is 12.1 Å². The molecule has 0 unspecified atom stereocenters. The molecule has 0 aliphatic carbocycles. The van der Waals surface area contributed by atoms with Gasteiger partial charge in [0, 0.05) is 19.0 Å². The van der Waals surface area contributed by atoms with Gasteiger partial charge in [-0.2, -0.15) is 0 Å². The minimum Gasteiger partial charge on any atom is -0.380 e. The second-order valence-electron chi connectivity index (χ2n) is 3.76. The van der Waals surface area contributed by atoms with Gasteiger partial charge in [-0.25, -0.2) is 4.98 Å². The Kier molecular flexibility index (Phi) is 4.44. The number of rotatable bonds is 5. The van der Waals surface area contributed by atoms with Crippen LogP contribution < -0.4 is 5.32 Å². The Balaban J connectivity index is 2.00. The average Bonchev–Trinajstić information content (AvgIpc) is 2.92. The van der Waals surface area contributed by atoms with Gasteiger partial charge in [-0.05, 0) is 11.1 Å². The van der Waals surface area contributed by atoms with Gasteiger partial charge in [-0.15, -0.1) is 11.3 Å². The van der Waals surface area contributed by atoms with Crippen LogP contribution in [-0.4, -0.2) is 18.0 Å². The molecule has 1 aromatic carbocycles. The number of methoxy groups -OCH3 is 1. The van der Waals surface area contributed by atoms with Crippen LogP contribution in [0.5, 0.6) is 0 Å². The predicted molar refractivity (Wildman–Crippen MR) is 70.4 cm³/mol. The van der Waals surface area contributed by atoms with Crippen LogP contribution in [0.3, 0.4) is 0 Å². The zero-order valence-electron chi connectivity index (χ0n) is 10.1. The lowest BCUT2D eigenvalue weighted by molar-refractivity contribution is 0.0946. The summed E-state index contributed by atoms with van der Waals surface area (Å²) in [7, 11) is 1.66. The van der Waals surface area contributed by atoms with Crippen LogP contribution in [-0.2, 0) is 17.9 Å². The van der Waals surface area contributed by atoms with E-state index in [1.54, 1.807) is 18.0 Å². The first-order valence-electron chi connectivity index (χ1n) is 5.53. The molecular formula is C13H14N2O2S. The summed E-state index contributed by atoms with van der Waals surface area (Å²) in [6.45, 7) is 1.03. The van der Waals surface area contributed by atoms with Gasteiger partial charge in [0.15, 0.2) is 0 Å². The van der Waals surface area contributed by atoms with E-state index in [1.165, 1.54) is 11.3 Å². The Morgan fingerprint density at radius 3 is 2.83 bits per heavy atom. The van der Waals surface area contributed by atoms with Crippen molar-refractivity contribution in [3.8, 4) is 0 Å². The van der Waals surface area contributed by atoms with Gasteiger partial charge < -0.3 is 10.1 Å². The summed E-state index contributed by atoms with van der Waals surface area (Å²) >= 11 is 1.41. The molecule has 4 nitrogen and oxygen atoms in total. The molecule has 0 aliphatic heterocycles. The molecule has 94 valence electrons. The van der Waals surface area contributed by atoms with Crippen molar-refractivity contribution in [1.82, 2.24) is 10.3 Å². The number of aromatic nitrogens is 1. The van der Waals surface area contributed by atoms with Crippen LogP contribution in [0.25, 0.3) is 0 Å². The zero-order valence-corrected chi connectivity index (χ0v) is 10.9. The zero-order chi connectivity index (χ0) is 12.8. The van der Waals surface area contributed by atoms with Crippen LogP contribution in [0.4, 0.5) is 0 Å². The Hall–Kier alpha value is -1.72. The summed E-state index contributed by atoms with van der Waals surface area (Å²) in [5.74, 6) is -0.150. The van der Waals surface area contributed by atoms with Crippen LogP contribution >= 0.6 is 11.3 Å². The Labute approximate surface area is 110 Å². The second kappa shape index (κ2) is 6.28. The number of hydrogen-bond acceptors (Lipinski definition) is 4. The number of nitrogens with zero attached hydrogens (tertiary/aromatic N) is 1. The number of thiazole rings is 1. The fourth-order valence-corrected chi connectivity index (χ4v) is 2.15. The molecule has 0 saturated carbocycles. The summed E-state index contributed by atoms with van der Waals surface area (Å²) < 4.78 is 5.12. The molecule has 0 bridgehead atoms. The number of benzene rings is 1. The lowest BCUT2D eigenvalue weighted by Gasteiger charge is -2.09. The highest BCUT2D eigenvalue weighted by molar-refractivity contribution is 7.07. The molecule has 1 N–H and O–H groups in total. The van der Waals surface area contributed by atoms with Crippen molar-refractivity contribution in [2.75, 3.05) is 7.11 Å². The molecule has 5 heteroatoms. The molecule has 2 rings (SSSR count). The minimum absolute atomic E-state index is 0.150. The van der Waals surface area contributed by atoms with Gasteiger partial charge in [-0.1, -0.05) is 24.3 Å². The number of hydrogen-bond donors (Lipinski definition) is 1. The molecule has 0 saturated heterocycles. The maximum absolute atomic E-state index is 11.8. The van der Waals surface area contributed by atoms with E-state index in [4.69, 9.17) is 4.74 Å². The summed E-state index contributed by atoms with van der Waals surface area (Å²) in [6, 6.07) is 7.88. The van der Waals surface area contributed by atoms with Gasteiger partial charge >= 0.3 is 0 Å². The number of carbonyl (C=O) groups excluding carboxylic acids is 1. The molecular weight excluding hydrogens is 248 g/mol. The molecule has 0 spiro atoms. The van der Waals surface area contributed by atoms with Gasteiger partial charge in [0.25, 0.3) is 5.91 Å². The maximum atomic E-state index is 11.8. The molecule has 1 aromatic heterocycles. The molecule has 1 heterocycles. The highest BCUT2D eigenvalue weighted by Gasteiger charge is 2.08. The van der Waals surface area contributed by atoms with E-state index in [-0.39, 0.29) is 5.91 Å². The van der Waals surface area contributed by atoms with Crippen molar-refractivity contribution in [2.24, 2.45) is 0 Å². The Bertz CT molecular complexity index is 511. The van der Waals surface area contributed by atoms with Crippen molar-refractivity contribution in [2.45, 2.75) is 13.2 Å². The van der Waals surface area contributed by atoms with E-state index in [2.05, 4.69) is 10.3 Å². The van der Waals surface area contributed by atoms with Crippen molar-refractivity contribution >= 4 is 17.2 Å². The lowest BCUT2D eigenvalue weighted by atomic mass is 10.1. The summed E-state index contributed by atoms with van der Waals surface area (Å²) in [5.41, 5.74) is 4.25. The molecule has 0 aliphatic rings. The van der Waals surface area contributed by atoms with Crippen molar-refractivity contribution in [1.29, 1.82) is 0 Å². The van der Waals surface area contributed by atoms with E-state index in [0.717, 1.165) is 11.1 Å². The van der Waals surface area contributed by atoms with Crippen molar-refractivity contribution in [3.05, 3.63) is 52.0 Å². The standard InChI is InChI=1S/C13H14N2O2S/c1-17-7-11-5-3-2-4-10(11)6-14-13(16)12-8-18-9-15-12/h2-5,8-9H,6-7H2,1H3,(H,14,16). The first-order chi connectivity index (χ1) is 8.81. The van der Waals surface area contributed by atoms with Gasteiger partial charge in [0.1, 0.15) is 5.69 Å². The summed E-state index contributed by atoms with van der Waals surface area (Å²) in [4.78, 5) is 15.7. The quantitative estimate of drug-likeness (QED) is 0.899.